The molecule has 6 nitrogen and oxygen atoms in total. The number of aryl methyl sites for hydroxylation is 1. The van der Waals surface area contributed by atoms with Crippen molar-refractivity contribution in [1.29, 1.82) is 0 Å². The standard InChI is InChI=1S/C26H24F2N4O2/c1-31-8-6-19-21(26(31)33)12-23(30-25(19)20-5-2-17(27)11-22(20)28)15-7-9-34-24(10-15)16-13-29-32(14-16)18-3-4-18/h2,5-6,8,11-15,18,24H,3-4,7,9-10H2,1H3. The highest BCUT2D eigenvalue weighted by molar-refractivity contribution is 5.94. The summed E-state index contributed by atoms with van der Waals surface area (Å²) in [5.41, 5.74) is 2.11. The molecule has 4 heterocycles. The Morgan fingerprint density at radius 2 is 1.94 bits per heavy atom. The van der Waals surface area contributed by atoms with E-state index in [9.17, 15) is 13.6 Å². The van der Waals surface area contributed by atoms with Gasteiger partial charge in [-0.1, -0.05) is 0 Å². The third-order valence-electron chi connectivity index (χ3n) is 6.90. The number of rotatable bonds is 4. The van der Waals surface area contributed by atoms with E-state index in [4.69, 9.17) is 9.72 Å². The molecule has 0 spiro atoms. The number of pyridine rings is 2. The van der Waals surface area contributed by atoms with Crippen LogP contribution in [0, 0.1) is 11.6 Å². The predicted octanol–water partition coefficient (Wildman–Crippen LogP) is 5.05. The van der Waals surface area contributed by atoms with Crippen LogP contribution >= 0.6 is 0 Å². The van der Waals surface area contributed by atoms with Gasteiger partial charge in [0.25, 0.3) is 5.56 Å². The Morgan fingerprint density at radius 1 is 1.09 bits per heavy atom. The minimum Gasteiger partial charge on any atom is -0.373 e. The van der Waals surface area contributed by atoms with E-state index in [0.29, 0.717) is 35.5 Å². The zero-order chi connectivity index (χ0) is 23.4. The number of aromatic nitrogens is 4. The molecule has 0 radical (unpaired) electrons. The molecular formula is C26H24F2N4O2. The number of halogens is 2. The van der Waals surface area contributed by atoms with Crippen LogP contribution < -0.4 is 5.56 Å². The second-order valence-corrected chi connectivity index (χ2v) is 9.28. The summed E-state index contributed by atoms with van der Waals surface area (Å²) in [5, 5.41) is 5.51. The highest BCUT2D eigenvalue weighted by atomic mass is 19.1. The van der Waals surface area contributed by atoms with Crippen LogP contribution in [0.3, 0.4) is 0 Å². The first kappa shape index (κ1) is 21.2. The number of hydrogen-bond acceptors (Lipinski definition) is 4. The SMILES string of the molecule is Cn1ccc2c(-c3ccc(F)cc3F)nc(C3CCOC(c4cnn(C5CC5)c4)C3)cc2c1=O. The van der Waals surface area contributed by atoms with Crippen molar-refractivity contribution in [2.24, 2.45) is 7.05 Å². The number of ether oxygens (including phenoxy) is 1. The number of nitrogens with zero attached hydrogens (tertiary/aromatic N) is 4. The molecule has 174 valence electrons. The van der Waals surface area contributed by atoms with Gasteiger partial charge < -0.3 is 9.30 Å². The average Bonchev–Trinajstić information content (AvgIpc) is 3.57. The molecule has 0 N–H and O–H groups in total. The Labute approximate surface area is 194 Å². The van der Waals surface area contributed by atoms with Crippen molar-refractivity contribution < 1.29 is 13.5 Å². The third-order valence-corrected chi connectivity index (χ3v) is 6.90. The van der Waals surface area contributed by atoms with Crippen molar-refractivity contribution in [3.8, 4) is 11.3 Å². The smallest absolute Gasteiger partial charge is 0.258 e. The van der Waals surface area contributed by atoms with Crippen LogP contribution in [0.1, 0.15) is 55.0 Å². The summed E-state index contributed by atoms with van der Waals surface area (Å²) in [6.45, 7) is 0.552. The summed E-state index contributed by atoms with van der Waals surface area (Å²) in [5.74, 6) is -1.33. The van der Waals surface area contributed by atoms with Gasteiger partial charge in [-0.15, -0.1) is 0 Å². The van der Waals surface area contributed by atoms with Gasteiger partial charge in [-0.05, 0) is 49.9 Å². The van der Waals surface area contributed by atoms with E-state index in [2.05, 4.69) is 11.3 Å². The van der Waals surface area contributed by atoms with Crippen LogP contribution in [0.4, 0.5) is 8.78 Å². The third kappa shape index (κ3) is 3.72. The first-order valence-electron chi connectivity index (χ1n) is 11.6. The molecule has 2 fully saturated rings. The highest BCUT2D eigenvalue weighted by Crippen LogP contribution is 2.40. The van der Waals surface area contributed by atoms with E-state index in [1.165, 1.54) is 16.7 Å². The maximum absolute atomic E-state index is 14.8. The normalized spacial score (nSPS) is 20.7. The Hall–Kier alpha value is -3.39. The fraction of sp³-hybridized carbons (Fsp3) is 0.346. The molecule has 2 aliphatic rings. The van der Waals surface area contributed by atoms with Gasteiger partial charge in [-0.25, -0.2) is 8.78 Å². The Balaban J connectivity index is 1.43. The monoisotopic (exact) mass is 462 g/mol. The molecule has 4 aromatic rings. The maximum Gasteiger partial charge on any atom is 0.258 e. The lowest BCUT2D eigenvalue weighted by Crippen LogP contribution is -2.21. The summed E-state index contributed by atoms with van der Waals surface area (Å²) in [7, 11) is 1.68. The summed E-state index contributed by atoms with van der Waals surface area (Å²) in [6.07, 6.45) is 9.20. The second-order valence-electron chi connectivity index (χ2n) is 9.28. The zero-order valence-electron chi connectivity index (χ0n) is 18.7. The summed E-state index contributed by atoms with van der Waals surface area (Å²) >= 11 is 0. The molecule has 1 saturated carbocycles. The van der Waals surface area contributed by atoms with E-state index < -0.39 is 11.6 Å². The predicted molar refractivity (Wildman–Crippen MR) is 124 cm³/mol. The van der Waals surface area contributed by atoms with Crippen molar-refractivity contribution in [1.82, 2.24) is 19.3 Å². The number of benzene rings is 1. The Morgan fingerprint density at radius 3 is 2.74 bits per heavy atom. The van der Waals surface area contributed by atoms with Gasteiger partial charge in [0.2, 0.25) is 0 Å². The largest absolute Gasteiger partial charge is 0.373 e. The molecule has 8 heteroatoms. The maximum atomic E-state index is 14.8. The van der Waals surface area contributed by atoms with Crippen LogP contribution in [0.15, 0.2) is 53.7 Å². The van der Waals surface area contributed by atoms with Crippen LogP contribution in [0.2, 0.25) is 0 Å². The van der Waals surface area contributed by atoms with Gasteiger partial charge in [0.1, 0.15) is 11.6 Å². The van der Waals surface area contributed by atoms with Crippen LogP contribution in [-0.4, -0.2) is 25.9 Å². The van der Waals surface area contributed by atoms with E-state index in [-0.39, 0.29) is 23.1 Å². The van der Waals surface area contributed by atoms with Crippen LogP contribution in [0.5, 0.6) is 0 Å². The lowest BCUT2D eigenvalue weighted by Gasteiger charge is -2.29. The van der Waals surface area contributed by atoms with Gasteiger partial charge in [0, 0.05) is 60.2 Å². The first-order valence-corrected chi connectivity index (χ1v) is 11.6. The van der Waals surface area contributed by atoms with Crippen LogP contribution in [-0.2, 0) is 11.8 Å². The summed E-state index contributed by atoms with van der Waals surface area (Å²) in [4.78, 5) is 17.8. The van der Waals surface area contributed by atoms with E-state index in [0.717, 1.165) is 36.6 Å². The fourth-order valence-corrected chi connectivity index (χ4v) is 4.82. The van der Waals surface area contributed by atoms with Crippen LogP contribution in [0.25, 0.3) is 22.0 Å². The average molecular weight is 463 g/mol. The lowest BCUT2D eigenvalue weighted by atomic mass is 9.89. The van der Waals surface area contributed by atoms with Gasteiger partial charge in [-0.3, -0.25) is 14.5 Å². The molecule has 1 saturated heterocycles. The number of fused-ring (bicyclic) bond motifs is 1. The molecule has 3 aromatic heterocycles. The molecule has 1 aliphatic carbocycles. The zero-order valence-corrected chi connectivity index (χ0v) is 18.7. The van der Waals surface area contributed by atoms with Gasteiger partial charge in [-0.2, -0.15) is 5.10 Å². The Kier molecular flexibility index (Phi) is 5.06. The quantitative estimate of drug-likeness (QED) is 0.426. The molecule has 2 atom stereocenters. The first-order chi connectivity index (χ1) is 16.5. The van der Waals surface area contributed by atoms with Crippen molar-refractivity contribution in [3.63, 3.8) is 0 Å². The van der Waals surface area contributed by atoms with Crippen molar-refractivity contribution >= 4 is 10.8 Å². The molecule has 0 amide bonds. The molecular weight excluding hydrogens is 438 g/mol. The minimum absolute atomic E-state index is 0.0274. The van der Waals surface area contributed by atoms with Crippen molar-refractivity contribution in [2.75, 3.05) is 6.61 Å². The van der Waals surface area contributed by atoms with Gasteiger partial charge in [0.15, 0.2) is 0 Å². The minimum atomic E-state index is -0.705. The summed E-state index contributed by atoms with van der Waals surface area (Å²) < 4.78 is 37.9. The molecule has 2 unspecified atom stereocenters. The van der Waals surface area contributed by atoms with Crippen molar-refractivity contribution in [2.45, 2.75) is 43.7 Å². The Bertz CT molecular complexity index is 1460. The summed E-state index contributed by atoms with van der Waals surface area (Å²) in [6, 6.07) is 7.51. The van der Waals surface area contributed by atoms with E-state index >= 15 is 0 Å². The van der Waals surface area contributed by atoms with Crippen molar-refractivity contribution in [3.05, 3.63) is 82.2 Å². The molecule has 1 aliphatic heterocycles. The topological polar surface area (TPSA) is 61.9 Å². The molecule has 34 heavy (non-hydrogen) atoms. The lowest BCUT2D eigenvalue weighted by molar-refractivity contribution is 0.00463. The second kappa shape index (κ2) is 8.13. The van der Waals surface area contributed by atoms with E-state index in [1.807, 2.05) is 16.9 Å². The molecule has 0 bridgehead atoms. The van der Waals surface area contributed by atoms with Gasteiger partial charge in [0.05, 0.1) is 29.4 Å². The van der Waals surface area contributed by atoms with E-state index in [1.54, 1.807) is 19.3 Å². The fourth-order valence-electron chi connectivity index (χ4n) is 4.82. The number of hydrogen-bond donors (Lipinski definition) is 0. The van der Waals surface area contributed by atoms with Gasteiger partial charge >= 0.3 is 0 Å². The molecule has 1 aromatic carbocycles. The highest BCUT2D eigenvalue weighted by Gasteiger charge is 2.30. The molecule has 6 rings (SSSR count).